The topological polar surface area (TPSA) is 24.4 Å². The van der Waals surface area contributed by atoms with Crippen LogP contribution < -0.4 is 5.43 Å². The van der Waals surface area contributed by atoms with Crippen LogP contribution in [0.5, 0.6) is 0 Å². The van der Waals surface area contributed by atoms with Crippen LogP contribution in [-0.4, -0.2) is 5.71 Å². The van der Waals surface area contributed by atoms with E-state index < -0.39 is 0 Å². The second-order valence-electron chi connectivity index (χ2n) is 4.52. The van der Waals surface area contributed by atoms with Gasteiger partial charge in [0.25, 0.3) is 0 Å². The lowest BCUT2D eigenvalue weighted by atomic mass is 10.0. The fraction of sp³-hybridized carbons (Fsp3) is 0.267. The highest BCUT2D eigenvalue weighted by Crippen LogP contribution is 2.26. The molecule has 0 bridgehead atoms. The number of thiophene rings is 1. The van der Waals surface area contributed by atoms with Crippen LogP contribution in [0.15, 0.2) is 46.9 Å². The number of nitrogens with zero attached hydrogens (tertiary/aromatic N) is 1. The van der Waals surface area contributed by atoms with E-state index in [1.165, 1.54) is 21.7 Å². The molecule has 1 aliphatic rings. The number of hydrazone groups is 1. The second-order valence-corrected chi connectivity index (χ2v) is 5.46. The Bertz CT molecular complexity index is 540. The lowest BCUT2D eigenvalue weighted by Crippen LogP contribution is -2.09. The third-order valence-electron chi connectivity index (χ3n) is 3.35. The molecule has 0 spiro atoms. The first-order chi connectivity index (χ1) is 8.86. The average molecular weight is 256 g/mol. The van der Waals surface area contributed by atoms with Gasteiger partial charge in [-0.05, 0) is 29.0 Å². The highest BCUT2D eigenvalue weighted by atomic mass is 32.1. The highest BCUT2D eigenvalue weighted by Gasteiger charge is 2.21. The summed E-state index contributed by atoms with van der Waals surface area (Å²) in [6, 6.07) is 13.4. The zero-order valence-electron chi connectivity index (χ0n) is 10.4. The van der Waals surface area contributed by atoms with Crippen LogP contribution in [0, 0.1) is 0 Å². The Balaban J connectivity index is 1.73. The van der Waals surface area contributed by atoms with Gasteiger partial charge in [0.05, 0.1) is 16.6 Å². The molecule has 92 valence electrons. The summed E-state index contributed by atoms with van der Waals surface area (Å²) in [5.74, 6) is 0. The normalized spacial score (nSPS) is 18.5. The Hall–Kier alpha value is -1.61. The monoisotopic (exact) mass is 256 g/mol. The maximum Gasteiger partial charge on any atom is 0.0799 e. The van der Waals surface area contributed by atoms with E-state index in [9.17, 15) is 0 Å². The number of nitrogens with one attached hydrogen (secondary N) is 1. The Morgan fingerprint density at radius 1 is 1.28 bits per heavy atom. The first-order valence-corrected chi connectivity index (χ1v) is 7.19. The van der Waals surface area contributed by atoms with Crippen molar-refractivity contribution in [2.45, 2.75) is 25.8 Å². The van der Waals surface area contributed by atoms with Crippen LogP contribution in [0.1, 0.15) is 35.4 Å². The van der Waals surface area contributed by atoms with E-state index in [-0.39, 0.29) is 0 Å². The molecule has 0 amide bonds. The zero-order valence-corrected chi connectivity index (χ0v) is 11.2. The van der Waals surface area contributed by atoms with E-state index in [0.29, 0.717) is 6.04 Å². The van der Waals surface area contributed by atoms with E-state index in [4.69, 9.17) is 0 Å². The number of benzene rings is 1. The van der Waals surface area contributed by atoms with Crippen molar-refractivity contribution in [2.75, 3.05) is 0 Å². The summed E-state index contributed by atoms with van der Waals surface area (Å²) >= 11 is 1.75. The summed E-state index contributed by atoms with van der Waals surface area (Å²) in [6.45, 7) is 2.18. The van der Waals surface area contributed by atoms with Gasteiger partial charge in [-0.25, -0.2) is 0 Å². The summed E-state index contributed by atoms with van der Waals surface area (Å²) < 4.78 is 0. The van der Waals surface area contributed by atoms with Gasteiger partial charge in [-0.2, -0.15) is 5.10 Å². The molecule has 18 heavy (non-hydrogen) atoms. The van der Waals surface area contributed by atoms with Crippen LogP contribution >= 0.6 is 11.3 Å². The van der Waals surface area contributed by atoms with Gasteiger partial charge in [-0.3, -0.25) is 0 Å². The molecule has 1 atom stereocenters. The quantitative estimate of drug-likeness (QED) is 0.888. The molecule has 1 unspecified atom stereocenters. The van der Waals surface area contributed by atoms with Crippen molar-refractivity contribution in [3.63, 3.8) is 0 Å². The lowest BCUT2D eigenvalue weighted by molar-refractivity contribution is 0.620. The van der Waals surface area contributed by atoms with E-state index in [2.05, 4.69) is 59.2 Å². The van der Waals surface area contributed by atoms with Crippen molar-refractivity contribution in [3.8, 4) is 0 Å². The van der Waals surface area contributed by atoms with Crippen molar-refractivity contribution < 1.29 is 0 Å². The lowest BCUT2D eigenvalue weighted by Gasteiger charge is -2.10. The molecule has 0 radical (unpaired) electrons. The number of hydrogen-bond donors (Lipinski definition) is 1. The Kier molecular flexibility index (Phi) is 3.15. The third-order valence-corrected chi connectivity index (χ3v) is 4.27. The molecule has 3 heteroatoms. The largest absolute Gasteiger partial charge is 0.302 e. The van der Waals surface area contributed by atoms with E-state index in [1.807, 2.05) is 0 Å². The van der Waals surface area contributed by atoms with Gasteiger partial charge in [0.15, 0.2) is 0 Å². The summed E-state index contributed by atoms with van der Waals surface area (Å²) in [5, 5.41) is 6.55. The van der Waals surface area contributed by atoms with E-state index >= 15 is 0 Å². The molecule has 0 aliphatic carbocycles. The molecule has 1 aromatic carbocycles. The molecular weight excluding hydrogens is 240 g/mol. The fourth-order valence-electron chi connectivity index (χ4n) is 2.22. The van der Waals surface area contributed by atoms with Crippen LogP contribution in [0.3, 0.4) is 0 Å². The van der Waals surface area contributed by atoms with Gasteiger partial charge in [0.2, 0.25) is 0 Å². The van der Waals surface area contributed by atoms with Crippen molar-refractivity contribution in [1.82, 2.24) is 5.43 Å². The second kappa shape index (κ2) is 4.94. The Morgan fingerprint density at radius 2 is 2.11 bits per heavy atom. The van der Waals surface area contributed by atoms with Crippen molar-refractivity contribution in [1.29, 1.82) is 0 Å². The summed E-state index contributed by atoms with van der Waals surface area (Å²) in [6.07, 6.45) is 2.07. The first-order valence-electron chi connectivity index (χ1n) is 6.31. The van der Waals surface area contributed by atoms with Gasteiger partial charge >= 0.3 is 0 Å². The summed E-state index contributed by atoms with van der Waals surface area (Å²) in [7, 11) is 0. The summed E-state index contributed by atoms with van der Waals surface area (Å²) in [4.78, 5) is 1.27. The average Bonchev–Trinajstić information content (AvgIpc) is 3.09. The SMILES string of the molecule is CCc1ccc(C2CC(c3cccs3)=NN2)cc1. The zero-order chi connectivity index (χ0) is 12.4. The molecule has 0 saturated heterocycles. The maximum atomic E-state index is 4.46. The Labute approximate surface area is 111 Å². The molecular formula is C15H16N2S. The van der Waals surface area contributed by atoms with Gasteiger partial charge < -0.3 is 5.43 Å². The van der Waals surface area contributed by atoms with Gasteiger partial charge in [0.1, 0.15) is 0 Å². The van der Waals surface area contributed by atoms with Crippen LogP contribution in [-0.2, 0) is 6.42 Å². The smallest absolute Gasteiger partial charge is 0.0799 e. The maximum absolute atomic E-state index is 4.46. The van der Waals surface area contributed by atoms with Gasteiger partial charge in [-0.1, -0.05) is 37.3 Å². The number of rotatable bonds is 3. The molecule has 2 heterocycles. The number of hydrogen-bond acceptors (Lipinski definition) is 3. The molecule has 2 aromatic rings. The van der Waals surface area contributed by atoms with Crippen molar-refractivity contribution in [2.24, 2.45) is 5.10 Å². The van der Waals surface area contributed by atoms with Crippen molar-refractivity contribution >= 4 is 17.0 Å². The molecule has 1 N–H and O–H groups in total. The van der Waals surface area contributed by atoms with Crippen LogP contribution in [0.4, 0.5) is 0 Å². The minimum Gasteiger partial charge on any atom is -0.302 e. The van der Waals surface area contributed by atoms with E-state index in [1.54, 1.807) is 11.3 Å². The predicted molar refractivity (Wildman–Crippen MR) is 77.2 cm³/mol. The molecule has 1 aromatic heterocycles. The molecule has 1 aliphatic heterocycles. The first kappa shape index (κ1) is 11.5. The van der Waals surface area contributed by atoms with E-state index in [0.717, 1.165) is 12.8 Å². The molecule has 0 fully saturated rings. The fourth-order valence-corrected chi connectivity index (χ4v) is 2.94. The standard InChI is InChI=1S/C15H16N2S/c1-2-11-5-7-12(8-6-11)13-10-14(17-16-13)15-4-3-9-18-15/h3-9,13,16H,2,10H2,1H3. The van der Waals surface area contributed by atoms with Gasteiger partial charge in [-0.15, -0.1) is 11.3 Å². The highest BCUT2D eigenvalue weighted by molar-refractivity contribution is 7.12. The Morgan fingerprint density at radius 3 is 2.78 bits per heavy atom. The minimum atomic E-state index is 0.327. The molecule has 2 nitrogen and oxygen atoms in total. The molecule has 0 saturated carbocycles. The van der Waals surface area contributed by atoms with Crippen molar-refractivity contribution in [3.05, 3.63) is 57.8 Å². The third kappa shape index (κ3) is 2.18. The van der Waals surface area contributed by atoms with Crippen LogP contribution in [0.2, 0.25) is 0 Å². The molecule has 3 rings (SSSR count). The number of aryl methyl sites for hydroxylation is 1. The predicted octanol–water partition coefficient (Wildman–Crippen LogP) is 3.75. The van der Waals surface area contributed by atoms with Gasteiger partial charge in [0, 0.05) is 6.42 Å². The van der Waals surface area contributed by atoms with Crippen LogP contribution in [0.25, 0.3) is 0 Å². The summed E-state index contributed by atoms with van der Waals surface area (Å²) in [5.41, 5.74) is 7.13. The minimum absolute atomic E-state index is 0.327.